The highest BCUT2D eigenvalue weighted by Crippen LogP contribution is 2.39. The van der Waals surface area contributed by atoms with Gasteiger partial charge in [0.05, 0.1) is 10.5 Å². The summed E-state index contributed by atoms with van der Waals surface area (Å²) in [6, 6.07) is 4.93. The molecule has 3 rings (SSSR count). The van der Waals surface area contributed by atoms with Crippen molar-refractivity contribution in [1.29, 1.82) is 5.26 Å². The number of nitrogens with zero attached hydrogens (tertiary/aromatic N) is 2. The number of carbonyl (C=O) groups excluding carboxylic acids is 1. The van der Waals surface area contributed by atoms with Crippen molar-refractivity contribution in [2.75, 3.05) is 11.9 Å². The number of carbonyl (C=O) groups is 1. The Balaban J connectivity index is 1.72. The molecule has 1 atom stereocenters. The number of thiophene rings is 1. The van der Waals surface area contributed by atoms with Gasteiger partial charge in [-0.15, -0.1) is 11.3 Å². The minimum absolute atomic E-state index is 0.324. The number of anilines is 1. The molecule has 27 heavy (non-hydrogen) atoms. The van der Waals surface area contributed by atoms with Crippen LogP contribution in [0.1, 0.15) is 29.3 Å². The number of hydrogen-bond acceptors (Lipinski definition) is 6. The Hall–Kier alpha value is -2.99. The number of nitrogens with one attached hydrogen (secondary N) is 1. The van der Waals surface area contributed by atoms with E-state index in [2.05, 4.69) is 18.3 Å². The monoisotopic (exact) mass is 389 g/mol. The maximum Gasteiger partial charge on any atom is 0.311 e. The average Bonchev–Trinajstić information content (AvgIpc) is 2.95. The number of hydrogen-bond donors (Lipinski definition) is 1. The first-order chi connectivity index (χ1) is 12.9. The van der Waals surface area contributed by atoms with Crippen LogP contribution in [0.5, 0.6) is 5.75 Å². The van der Waals surface area contributed by atoms with Gasteiger partial charge in [-0.05, 0) is 36.8 Å². The van der Waals surface area contributed by atoms with Gasteiger partial charge < -0.3 is 10.1 Å². The number of fused-ring (bicyclic) bond motifs is 1. The van der Waals surface area contributed by atoms with Gasteiger partial charge in [0.15, 0.2) is 6.61 Å². The lowest BCUT2D eigenvalue weighted by molar-refractivity contribution is -0.385. The van der Waals surface area contributed by atoms with Crippen LogP contribution < -0.4 is 10.1 Å². The standard InChI is InChI=1S/C18H16FN3O4S/c1-10-2-4-12-13(8-20)18(27-16(12)6-10)21-17(23)9-26-15-7-11(19)3-5-14(15)22(24)25/h3,5,7,10H,2,4,6,9H2,1H3,(H,21,23). The molecule has 1 amide bonds. The first kappa shape index (κ1) is 18.8. The number of nitro benzene ring substituents is 1. The summed E-state index contributed by atoms with van der Waals surface area (Å²) >= 11 is 1.37. The zero-order valence-electron chi connectivity index (χ0n) is 14.5. The first-order valence-corrected chi connectivity index (χ1v) is 9.12. The van der Waals surface area contributed by atoms with Crippen LogP contribution in [-0.4, -0.2) is 17.4 Å². The predicted molar refractivity (Wildman–Crippen MR) is 97.4 cm³/mol. The maximum absolute atomic E-state index is 13.3. The van der Waals surface area contributed by atoms with E-state index >= 15 is 0 Å². The summed E-state index contributed by atoms with van der Waals surface area (Å²) in [5.41, 5.74) is 1.02. The van der Waals surface area contributed by atoms with Crippen molar-refractivity contribution < 1.29 is 18.8 Å². The third-order valence-corrected chi connectivity index (χ3v) is 5.52. The van der Waals surface area contributed by atoms with Gasteiger partial charge >= 0.3 is 5.69 Å². The summed E-state index contributed by atoms with van der Waals surface area (Å²) in [4.78, 5) is 23.5. The van der Waals surface area contributed by atoms with Crippen LogP contribution in [-0.2, 0) is 17.6 Å². The number of amides is 1. The van der Waals surface area contributed by atoms with E-state index in [4.69, 9.17) is 4.74 Å². The van der Waals surface area contributed by atoms with Crippen molar-refractivity contribution in [1.82, 2.24) is 0 Å². The molecule has 2 aromatic rings. The minimum Gasteiger partial charge on any atom is -0.477 e. The number of nitro groups is 1. The third-order valence-electron chi connectivity index (χ3n) is 4.35. The van der Waals surface area contributed by atoms with Crippen LogP contribution >= 0.6 is 11.3 Å². The van der Waals surface area contributed by atoms with Crippen LogP contribution in [0, 0.1) is 33.2 Å². The topological polar surface area (TPSA) is 105 Å². The van der Waals surface area contributed by atoms with E-state index in [9.17, 15) is 24.6 Å². The molecule has 7 nitrogen and oxygen atoms in total. The molecule has 1 aliphatic carbocycles. The van der Waals surface area contributed by atoms with E-state index in [-0.39, 0.29) is 5.75 Å². The number of rotatable bonds is 5. The Morgan fingerprint density at radius 1 is 1.56 bits per heavy atom. The normalized spacial score (nSPS) is 15.5. The fourth-order valence-corrected chi connectivity index (χ4v) is 4.39. The Morgan fingerprint density at radius 3 is 3.04 bits per heavy atom. The predicted octanol–water partition coefficient (Wildman–Crippen LogP) is 3.81. The molecule has 140 valence electrons. The zero-order valence-corrected chi connectivity index (χ0v) is 15.3. The lowest BCUT2D eigenvalue weighted by Gasteiger charge is -2.17. The maximum atomic E-state index is 13.3. The minimum atomic E-state index is -0.713. The van der Waals surface area contributed by atoms with Crippen LogP contribution in [0.25, 0.3) is 0 Å². The van der Waals surface area contributed by atoms with Crippen molar-refractivity contribution in [3.8, 4) is 11.8 Å². The van der Waals surface area contributed by atoms with Gasteiger partial charge in [-0.1, -0.05) is 6.92 Å². The summed E-state index contributed by atoms with van der Waals surface area (Å²) < 4.78 is 18.4. The van der Waals surface area contributed by atoms with E-state index in [1.807, 2.05) is 0 Å². The molecule has 0 bridgehead atoms. The number of ether oxygens (including phenoxy) is 1. The SMILES string of the molecule is CC1CCc2c(sc(NC(=O)COc3cc(F)ccc3[N+](=O)[O-])c2C#N)C1. The summed E-state index contributed by atoms with van der Waals surface area (Å²) in [6.45, 7) is 1.61. The molecular formula is C18H16FN3O4S. The molecule has 1 unspecified atom stereocenters. The van der Waals surface area contributed by atoms with Gasteiger partial charge in [0.2, 0.25) is 5.75 Å². The zero-order chi connectivity index (χ0) is 19.6. The van der Waals surface area contributed by atoms with Gasteiger partial charge in [0, 0.05) is 17.0 Å². The molecule has 1 aliphatic rings. The van der Waals surface area contributed by atoms with E-state index in [1.165, 1.54) is 11.3 Å². The van der Waals surface area contributed by atoms with Gasteiger partial charge in [-0.2, -0.15) is 5.26 Å². The largest absolute Gasteiger partial charge is 0.477 e. The highest BCUT2D eigenvalue weighted by atomic mass is 32.1. The van der Waals surface area contributed by atoms with Gasteiger partial charge in [-0.25, -0.2) is 4.39 Å². The molecule has 0 spiro atoms. The highest BCUT2D eigenvalue weighted by molar-refractivity contribution is 7.16. The Bertz CT molecular complexity index is 951. The molecule has 1 N–H and O–H groups in total. The third kappa shape index (κ3) is 4.06. The highest BCUT2D eigenvalue weighted by Gasteiger charge is 2.25. The molecule has 0 aliphatic heterocycles. The summed E-state index contributed by atoms with van der Waals surface area (Å²) in [5.74, 6) is -1.07. The Labute approximate surface area is 158 Å². The van der Waals surface area contributed by atoms with Crippen molar-refractivity contribution in [2.24, 2.45) is 5.92 Å². The molecule has 0 saturated carbocycles. The lowest BCUT2D eigenvalue weighted by Crippen LogP contribution is -2.20. The van der Waals surface area contributed by atoms with Crippen molar-refractivity contribution in [3.63, 3.8) is 0 Å². The van der Waals surface area contributed by atoms with Crippen LogP contribution in [0.4, 0.5) is 15.1 Å². The van der Waals surface area contributed by atoms with E-state index in [0.29, 0.717) is 16.5 Å². The number of halogens is 1. The van der Waals surface area contributed by atoms with Gasteiger partial charge in [0.25, 0.3) is 5.91 Å². The van der Waals surface area contributed by atoms with Crippen molar-refractivity contribution in [2.45, 2.75) is 26.2 Å². The molecule has 0 fully saturated rings. The second kappa shape index (κ2) is 7.72. The van der Waals surface area contributed by atoms with Gasteiger partial charge in [-0.3, -0.25) is 14.9 Å². The lowest BCUT2D eigenvalue weighted by atomic mass is 9.89. The van der Waals surface area contributed by atoms with Crippen LogP contribution in [0.2, 0.25) is 0 Å². The summed E-state index contributed by atoms with van der Waals surface area (Å²) in [5, 5.41) is 23.5. The molecular weight excluding hydrogens is 373 g/mol. The second-order valence-corrected chi connectivity index (χ2v) is 7.48. The van der Waals surface area contributed by atoms with E-state index in [1.54, 1.807) is 0 Å². The Morgan fingerprint density at radius 2 is 2.33 bits per heavy atom. The Kier molecular flexibility index (Phi) is 5.37. The van der Waals surface area contributed by atoms with E-state index < -0.39 is 28.9 Å². The average molecular weight is 389 g/mol. The van der Waals surface area contributed by atoms with Crippen molar-refractivity contribution >= 4 is 27.9 Å². The van der Waals surface area contributed by atoms with E-state index in [0.717, 1.165) is 47.9 Å². The quantitative estimate of drug-likeness (QED) is 0.618. The summed E-state index contributed by atoms with van der Waals surface area (Å²) in [6.07, 6.45) is 2.67. The smallest absolute Gasteiger partial charge is 0.311 e. The molecule has 0 radical (unpaired) electrons. The molecule has 1 heterocycles. The van der Waals surface area contributed by atoms with Crippen LogP contribution in [0.3, 0.4) is 0 Å². The van der Waals surface area contributed by atoms with Crippen molar-refractivity contribution in [3.05, 3.63) is 50.1 Å². The fourth-order valence-electron chi connectivity index (χ4n) is 3.02. The number of benzene rings is 1. The number of nitriles is 1. The molecule has 1 aromatic heterocycles. The first-order valence-electron chi connectivity index (χ1n) is 8.30. The molecule has 0 saturated heterocycles. The molecule has 9 heteroatoms. The second-order valence-electron chi connectivity index (χ2n) is 6.37. The summed E-state index contributed by atoms with van der Waals surface area (Å²) in [7, 11) is 0. The molecule has 1 aromatic carbocycles. The fraction of sp³-hybridized carbons (Fsp3) is 0.333. The van der Waals surface area contributed by atoms with Crippen LogP contribution in [0.15, 0.2) is 18.2 Å². The van der Waals surface area contributed by atoms with Gasteiger partial charge in [0.1, 0.15) is 16.9 Å².